The van der Waals surface area contributed by atoms with Crippen LogP contribution in [0.15, 0.2) is 29.8 Å². The zero-order valence-corrected chi connectivity index (χ0v) is 22.7. The molecule has 198 valence electrons. The molecule has 8 heteroatoms. The Balaban J connectivity index is 1.91. The molecule has 36 heavy (non-hydrogen) atoms. The summed E-state index contributed by atoms with van der Waals surface area (Å²) in [6, 6.07) is 5.68. The molecule has 2 aromatic rings. The lowest BCUT2D eigenvalue weighted by atomic mass is 9.73. The van der Waals surface area contributed by atoms with Gasteiger partial charge in [-0.3, -0.25) is 9.59 Å². The zero-order valence-electron chi connectivity index (χ0n) is 21.9. The van der Waals surface area contributed by atoms with Gasteiger partial charge in [0.25, 0.3) is 0 Å². The van der Waals surface area contributed by atoms with Crippen molar-refractivity contribution in [2.45, 2.75) is 91.6 Å². The molecule has 1 aliphatic rings. The summed E-state index contributed by atoms with van der Waals surface area (Å²) in [5.41, 5.74) is 1.46. The number of fused-ring (bicyclic) bond motifs is 1. The van der Waals surface area contributed by atoms with Crippen LogP contribution in [-0.4, -0.2) is 44.3 Å². The van der Waals surface area contributed by atoms with Crippen molar-refractivity contribution in [3.05, 3.63) is 40.4 Å². The quantitative estimate of drug-likeness (QED) is 0.384. The van der Waals surface area contributed by atoms with Crippen LogP contribution in [0.4, 0.5) is 0 Å². The Morgan fingerprint density at radius 3 is 2.61 bits per heavy atom. The average molecular weight is 518 g/mol. The molecule has 5 atom stereocenters. The third-order valence-electron chi connectivity index (χ3n) is 7.48. The van der Waals surface area contributed by atoms with E-state index in [1.165, 1.54) is 11.3 Å². The van der Waals surface area contributed by atoms with Gasteiger partial charge in [-0.25, -0.2) is 4.98 Å². The van der Waals surface area contributed by atoms with Crippen LogP contribution in [0.2, 0.25) is 0 Å². The first-order chi connectivity index (χ1) is 16.9. The molecule has 0 amide bonds. The molecule has 2 heterocycles. The smallest absolute Gasteiger partial charge is 0.309 e. The number of Topliss-reactive ketones (excluding diaryl/α,β-unsaturated/α-hetero) is 1. The molecular formula is C28H39NO6S. The second-order valence-electron chi connectivity index (χ2n) is 10.7. The number of nitrogens with zero attached hydrogens (tertiary/aromatic N) is 1. The topological polar surface area (TPSA) is 117 Å². The maximum Gasteiger partial charge on any atom is 0.309 e. The second-order valence-corrected chi connectivity index (χ2v) is 11.8. The number of ether oxygens (including phenoxy) is 1. The highest BCUT2D eigenvalue weighted by Gasteiger charge is 2.42. The molecule has 0 radical (unpaired) electrons. The van der Waals surface area contributed by atoms with E-state index in [4.69, 9.17) is 4.74 Å². The first-order valence-electron chi connectivity index (χ1n) is 12.7. The third kappa shape index (κ3) is 6.59. The lowest BCUT2D eigenvalue weighted by molar-refractivity contribution is -0.155. The van der Waals surface area contributed by atoms with E-state index in [2.05, 4.69) is 11.1 Å². The van der Waals surface area contributed by atoms with Crippen molar-refractivity contribution in [1.29, 1.82) is 0 Å². The maximum atomic E-state index is 13.2. The number of aliphatic hydroxyl groups is 3. The van der Waals surface area contributed by atoms with Crippen LogP contribution in [0.3, 0.4) is 0 Å². The Bertz CT molecular complexity index is 1110. The summed E-state index contributed by atoms with van der Waals surface area (Å²) in [4.78, 5) is 30.6. The fourth-order valence-corrected chi connectivity index (χ4v) is 5.62. The molecule has 1 aromatic carbocycles. The Hall–Kier alpha value is -2.13. The number of esters is 1. The molecule has 3 rings (SSSR count). The van der Waals surface area contributed by atoms with E-state index in [1.54, 1.807) is 20.8 Å². The Morgan fingerprint density at radius 2 is 1.92 bits per heavy atom. The van der Waals surface area contributed by atoms with E-state index >= 15 is 0 Å². The molecule has 0 spiro atoms. The lowest BCUT2D eigenvalue weighted by Gasteiger charge is -2.34. The van der Waals surface area contributed by atoms with Crippen molar-refractivity contribution < 1.29 is 29.6 Å². The van der Waals surface area contributed by atoms with Crippen molar-refractivity contribution in [2.24, 2.45) is 17.3 Å². The maximum absolute atomic E-state index is 13.2. The molecule has 0 saturated carbocycles. The van der Waals surface area contributed by atoms with Crippen LogP contribution in [0, 0.1) is 17.3 Å². The van der Waals surface area contributed by atoms with Crippen molar-refractivity contribution in [2.75, 3.05) is 0 Å². The second kappa shape index (κ2) is 11.9. The highest BCUT2D eigenvalue weighted by molar-refractivity contribution is 7.18. The van der Waals surface area contributed by atoms with Crippen LogP contribution in [0.5, 0.6) is 0 Å². The molecular weight excluding hydrogens is 478 g/mol. The van der Waals surface area contributed by atoms with Gasteiger partial charge in [0.1, 0.15) is 16.9 Å². The number of ketones is 1. The standard InChI is InChI=1S/C28H39NO6S/c1-16-7-6-8-17(2)26(33)18(3)27(34)28(4,5)23(31)14-25(32)35-21(11-9-16)19-10-12-22-20(13-19)29-24(15-30)36-22/h9-10,12-13,17-18,21,23,26,30-31,33H,6-8,11,14-15H2,1-5H3/b16-9-/t17?,18?,21-,23?,26-/m0/s1. The zero-order chi connectivity index (χ0) is 26.6. The molecule has 0 saturated heterocycles. The molecule has 3 N–H and O–H groups in total. The van der Waals surface area contributed by atoms with E-state index in [1.807, 2.05) is 32.0 Å². The van der Waals surface area contributed by atoms with E-state index in [9.17, 15) is 24.9 Å². The van der Waals surface area contributed by atoms with Gasteiger partial charge in [0.2, 0.25) is 0 Å². The Labute approximate surface area is 217 Å². The number of rotatable bonds is 2. The van der Waals surface area contributed by atoms with Gasteiger partial charge < -0.3 is 20.1 Å². The van der Waals surface area contributed by atoms with Gasteiger partial charge in [-0.15, -0.1) is 11.3 Å². The van der Waals surface area contributed by atoms with E-state index in [0.717, 1.165) is 40.6 Å². The predicted molar refractivity (Wildman–Crippen MR) is 140 cm³/mol. The van der Waals surface area contributed by atoms with Crippen molar-refractivity contribution in [3.8, 4) is 0 Å². The average Bonchev–Trinajstić information content (AvgIpc) is 3.26. The summed E-state index contributed by atoms with van der Waals surface area (Å²) in [7, 11) is 0. The molecule has 1 aromatic heterocycles. The van der Waals surface area contributed by atoms with Crippen LogP contribution in [0.1, 0.15) is 83.4 Å². The molecule has 0 aliphatic carbocycles. The van der Waals surface area contributed by atoms with E-state index in [-0.39, 0.29) is 24.7 Å². The SMILES string of the molecule is C/C1=C/C[C@@H](c2ccc3sc(CO)nc3c2)OC(=O)CC(O)C(C)(C)C(=O)C(C)[C@@H](O)C(C)CCC1. The molecule has 0 bridgehead atoms. The number of hydrogen-bond acceptors (Lipinski definition) is 8. The number of cyclic esters (lactones) is 1. The van der Waals surface area contributed by atoms with Gasteiger partial charge in [0.05, 0.1) is 40.9 Å². The van der Waals surface area contributed by atoms with Gasteiger partial charge in [-0.05, 0) is 49.8 Å². The van der Waals surface area contributed by atoms with E-state index in [0.29, 0.717) is 11.4 Å². The van der Waals surface area contributed by atoms with E-state index < -0.39 is 35.6 Å². The summed E-state index contributed by atoms with van der Waals surface area (Å²) in [6.07, 6.45) is 2.06. The summed E-state index contributed by atoms with van der Waals surface area (Å²) in [5, 5.41) is 31.7. The number of hydrogen-bond donors (Lipinski definition) is 3. The van der Waals surface area contributed by atoms with Crippen LogP contribution >= 0.6 is 11.3 Å². The van der Waals surface area contributed by atoms with Gasteiger partial charge in [0, 0.05) is 12.3 Å². The van der Waals surface area contributed by atoms with Crippen molar-refractivity contribution >= 4 is 33.3 Å². The Morgan fingerprint density at radius 1 is 1.19 bits per heavy atom. The third-order valence-corrected chi connectivity index (χ3v) is 8.51. The summed E-state index contributed by atoms with van der Waals surface area (Å²) < 4.78 is 6.79. The highest BCUT2D eigenvalue weighted by atomic mass is 32.1. The number of allylic oxidation sites excluding steroid dienone is 1. The lowest BCUT2D eigenvalue weighted by Crippen LogP contribution is -2.45. The first-order valence-corrected chi connectivity index (χ1v) is 13.5. The first kappa shape index (κ1) is 28.4. The van der Waals surface area contributed by atoms with Gasteiger partial charge >= 0.3 is 5.97 Å². The van der Waals surface area contributed by atoms with Gasteiger partial charge in [0.15, 0.2) is 0 Å². The number of thiazole rings is 1. The predicted octanol–water partition coefficient (Wildman–Crippen LogP) is 4.87. The van der Waals surface area contributed by atoms with Crippen molar-refractivity contribution in [1.82, 2.24) is 4.98 Å². The number of aliphatic hydroxyl groups excluding tert-OH is 3. The largest absolute Gasteiger partial charge is 0.457 e. The fourth-order valence-electron chi connectivity index (χ4n) is 4.81. The van der Waals surface area contributed by atoms with Crippen LogP contribution in [-0.2, 0) is 20.9 Å². The van der Waals surface area contributed by atoms with Crippen molar-refractivity contribution in [3.63, 3.8) is 0 Å². The minimum Gasteiger partial charge on any atom is -0.457 e. The monoisotopic (exact) mass is 517 g/mol. The highest BCUT2D eigenvalue weighted by Crippen LogP contribution is 2.34. The van der Waals surface area contributed by atoms with Gasteiger partial charge in [-0.2, -0.15) is 0 Å². The molecule has 1 aliphatic heterocycles. The molecule has 3 unspecified atom stereocenters. The number of aromatic nitrogens is 1. The summed E-state index contributed by atoms with van der Waals surface area (Å²) >= 11 is 1.42. The summed E-state index contributed by atoms with van der Waals surface area (Å²) in [6.45, 7) is 8.78. The summed E-state index contributed by atoms with van der Waals surface area (Å²) in [5.74, 6) is -1.59. The van der Waals surface area contributed by atoms with Gasteiger partial charge in [-0.1, -0.05) is 45.4 Å². The van der Waals surface area contributed by atoms with Crippen LogP contribution in [0.25, 0.3) is 10.2 Å². The molecule has 0 fully saturated rings. The Kier molecular flexibility index (Phi) is 9.44. The number of carbonyl (C=O) groups is 2. The number of benzene rings is 1. The number of carbonyl (C=O) groups excluding carboxylic acids is 2. The minimum atomic E-state index is -1.25. The normalized spacial score (nSPS) is 30.6. The minimum absolute atomic E-state index is 0.0658. The van der Waals surface area contributed by atoms with Crippen LogP contribution < -0.4 is 0 Å². The molecule has 7 nitrogen and oxygen atoms in total. The fraction of sp³-hybridized carbons (Fsp3) is 0.607.